The van der Waals surface area contributed by atoms with Crippen LogP contribution in [0.25, 0.3) is 0 Å². The van der Waals surface area contributed by atoms with E-state index in [0.717, 1.165) is 39.0 Å². The maximum Gasteiger partial charge on any atom is 0.134 e. The molecule has 0 amide bonds. The molecule has 0 aromatic heterocycles. The molecule has 96 valence electrons. The molecule has 1 aliphatic heterocycles. The Morgan fingerprint density at radius 2 is 1.94 bits per heavy atom. The Morgan fingerprint density at radius 1 is 1.18 bits per heavy atom. The minimum Gasteiger partial charge on any atom is -0.303 e. The summed E-state index contributed by atoms with van der Waals surface area (Å²) in [4.78, 5) is 25.6. The Hall–Kier alpha value is -0.740. The van der Waals surface area contributed by atoms with Crippen LogP contribution in [0.15, 0.2) is 0 Å². The zero-order chi connectivity index (χ0) is 12.4. The molecular weight excluding hydrogens is 216 g/mol. The van der Waals surface area contributed by atoms with Crippen LogP contribution in [0.4, 0.5) is 0 Å². The molecule has 0 radical (unpaired) electrons. The molecule has 1 aliphatic carbocycles. The number of rotatable bonds is 3. The first-order valence-electron chi connectivity index (χ1n) is 6.55. The van der Waals surface area contributed by atoms with E-state index >= 15 is 0 Å². The first kappa shape index (κ1) is 12.7. The second kappa shape index (κ2) is 5.27. The highest BCUT2D eigenvalue weighted by atomic mass is 16.1. The summed E-state index contributed by atoms with van der Waals surface area (Å²) in [6, 6.07) is 0.269. The summed E-state index contributed by atoms with van der Waals surface area (Å²) in [7, 11) is 0. The Labute approximate surface area is 103 Å². The number of hydrogen-bond donors (Lipinski definition) is 1. The third-order valence-electron chi connectivity index (χ3n) is 4.27. The van der Waals surface area contributed by atoms with Gasteiger partial charge in [0.25, 0.3) is 0 Å². The van der Waals surface area contributed by atoms with Crippen molar-refractivity contribution < 1.29 is 9.59 Å². The summed E-state index contributed by atoms with van der Waals surface area (Å²) in [5, 5.41) is 3.30. The third-order valence-corrected chi connectivity index (χ3v) is 4.27. The molecular formula is C13H22N2O2. The normalized spacial score (nSPS) is 34.8. The molecule has 1 saturated heterocycles. The van der Waals surface area contributed by atoms with E-state index in [-0.39, 0.29) is 29.4 Å². The summed E-state index contributed by atoms with van der Waals surface area (Å²) in [5.74, 6) is 0.856. The third kappa shape index (κ3) is 2.75. The molecule has 3 unspecified atom stereocenters. The van der Waals surface area contributed by atoms with Crippen LogP contribution in [0.1, 0.15) is 33.1 Å². The molecule has 0 bridgehead atoms. The minimum atomic E-state index is 0.130. The highest BCUT2D eigenvalue weighted by Crippen LogP contribution is 2.33. The van der Waals surface area contributed by atoms with Crippen molar-refractivity contribution in [2.24, 2.45) is 11.8 Å². The fourth-order valence-corrected chi connectivity index (χ4v) is 3.20. The van der Waals surface area contributed by atoms with Gasteiger partial charge in [-0.2, -0.15) is 0 Å². The van der Waals surface area contributed by atoms with Crippen molar-refractivity contribution in [2.45, 2.75) is 39.2 Å². The smallest absolute Gasteiger partial charge is 0.134 e. The number of Topliss-reactive ketones (excluding diaryl/α,β-unsaturated/α-hetero) is 2. The van der Waals surface area contributed by atoms with Crippen molar-refractivity contribution in [3.05, 3.63) is 0 Å². The van der Waals surface area contributed by atoms with Gasteiger partial charge in [0.15, 0.2) is 0 Å². The van der Waals surface area contributed by atoms with E-state index in [0.29, 0.717) is 0 Å². The molecule has 17 heavy (non-hydrogen) atoms. The number of hydrogen-bond acceptors (Lipinski definition) is 4. The number of nitrogens with one attached hydrogen (secondary N) is 1. The van der Waals surface area contributed by atoms with Gasteiger partial charge in [-0.1, -0.05) is 0 Å². The Bertz CT molecular complexity index is 311. The van der Waals surface area contributed by atoms with Gasteiger partial charge < -0.3 is 5.32 Å². The number of carbonyl (C=O) groups excluding carboxylic acids is 2. The lowest BCUT2D eigenvalue weighted by Gasteiger charge is -2.39. The predicted molar refractivity (Wildman–Crippen MR) is 65.6 cm³/mol. The molecule has 2 aliphatic rings. The summed E-state index contributed by atoms with van der Waals surface area (Å²) in [6.07, 6.45) is 2.62. The highest BCUT2D eigenvalue weighted by Gasteiger charge is 2.38. The molecule has 1 N–H and O–H groups in total. The number of carbonyl (C=O) groups is 2. The van der Waals surface area contributed by atoms with Gasteiger partial charge in [0.1, 0.15) is 11.6 Å². The van der Waals surface area contributed by atoms with Crippen LogP contribution in [0.5, 0.6) is 0 Å². The SMILES string of the molecule is CC(=O)C1CCC(C(C)=O)C(N2CCNC2)C1. The first-order chi connectivity index (χ1) is 8.09. The monoisotopic (exact) mass is 238 g/mol. The predicted octanol–water partition coefficient (Wildman–Crippen LogP) is 0.812. The standard InChI is InChI=1S/C13H22N2O2/c1-9(16)11-3-4-12(10(2)17)13(7-11)15-6-5-14-8-15/h11-14H,3-8H2,1-2H3. The fourth-order valence-electron chi connectivity index (χ4n) is 3.20. The average molecular weight is 238 g/mol. The molecule has 2 fully saturated rings. The van der Waals surface area contributed by atoms with Crippen molar-refractivity contribution in [1.82, 2.24) is 10.2 Å². The molecule has 4 heteroatoms. The van der Waals surface area contributed by atoms with Gasteiger partial charge in [-0.05, 0) is 33.1 Å². The van der Waals surface area contributed by atoms with Crippen molar-refractivity contribution in [3.63, 3.8) is 0 Å². The summed E-state index contributed by atoms with van der Waals surface area (Å²) >= 11 is 0. The van der Waals surface area contributed by atoms with Gasteiger partial charge in [0.05, 0.1) is 0 Å². The Balaban J connectivity index is 2.09. The van der Waals surface area contributed by atoms with Crippen LogP contribution in [0.3, 0.4) is 0 Å². The van der Waals surface area contributed by atoms with Crippen LogP contribution in [0.2, 0.25) is 0 Å². The van der Waals surface area contributed by atoms with E-state index in [1.54, 1.807) is 13.8 Å². The lowest BCUT2D eigenvalue weighted by Crippen LogP contribution is -2.47. The van der Waals surface area contributed by atoms with Crippen molar-refractivity contribution >= 4 is 11.6 Å². The van der Waals surface area contributed by atoms with E-state index in [9.17, 15) is 9.59 Å². The maximum absolute atomic E-state index is 11.7. The van der Waals surface area contributed by atoms with Crippen LogP contribution in [-0.4, -0.2) is 42.3 Å². The highest BCUT2D eigenvalue weighted by molar-refractivity contribution is 5.81. The average Bonchev–Trinajstić information content (AvgIpc) is 2.81. The van der Waals surface area contributed by atoms with E-state index in [2.05, 4.69) is 10.2 Å². The van der Waals surface area contributed by atoms with E-state index in [1.165, 1.54) is 0 Å². The summed E-state index contributed by atoms with van der Waals surface area (Å²) in [6.45, 7) is 6.22. The summed E-state index contributed by atoms with van der Waals surface area (Å²) in [5.41, 5.74) is 0. The van der Waals surface area contributed by atoms with Crippen LogP contribution < -0.4 is 5.32 Å². The maximum atomic E-state index is 11.7. The Morgan fingerprint density at radius 3 is 2.47 bits per heavy atom. The number of ketones is 2. The van der Waals surface area contributed by atoms with Crippen molar-refractivity contribution in [3.8, 4) is 0 Å². The second-order valence-electron chi connectivity index (χ2n) is 5.38. The largest absolute Gasteiger partial charge is 0.303 e. The topological polar surface area (TPSA) is 49.4 Å². The van der Waals surface area contributed by atoms with Gasteiger partial charge in [0.2, 0.25) is 0 Å². The van der Waals surface area contributed by atoms with E-state index in [4.69, 9.17) is 0 Å². The zero-order valence-electron chi connectivity index (χ0n) is 10.7. The van der Waals surface area contributed by atoms with Crippen LogP contribution >= 0.6 is 0 Å². The fraction of sp³-hybridized carbons (Fsp3) is 0.846. The van der Waals surface area contributed by atoms with Crippen molar-refractivity contribution in [2.75, 3.05) is 19.8 Å². The first-order valence-corrected chi connectivity index (χ1v) is 6.55. The lowest BCUT2D eigenvalue weighted by atomic mass is 9.75. The molecule has 1 heterocycles. The van der Waals surface area contributed by atoms with E-state index < -0.39 is 0 Å². The van der Waals surface area contributed by atoms with Gasteiger partial charge in [-0.15, -0.1) is 0 Å². The van der Waals surface area contributed by atoms with Crippen molar-refractivity contribution in [1.29, 1.82) is 0 Å². The van der Waals surface area contributed by atoms with Gasteiger partial charge >= 0.3 is 0 Å². The molecule has 2 rings (SSSR count). The zero-order valence-corrected chi connectivity index (χ0v) is 10.7. The van der Waals surface area contributed by atoms with Gasteiger partial charge in [0, 0.05) is 37.6 Å². The van der Waals surface area contributed by atoms with Crippen LogP contribution in [-0.2, 0) is 9.59 Å². The minimum absolute atomic E-state index is 0.130. The Kier molecular flexibility index (Phi) is 3.94. The number of nitrogens with zero attached hydrogens (tertiary/aromatic N) is 1. The molecule has 4 nitrogen and oxygen atoms in total. The second-order valence-corrected chi connectivity index (χ2v) is 5.38. The molecule has 3 atom stereocenters. The van der Waals surface area contributed by atoms with Crippen LogP contribution in [0, 0.1) is 11.8 Å². The molecule has 1 saturated carbocycles. The van der Waals surface area contributed by atoms with Gasteiger partial charge in [-0.25, -0.2) is 0 Å². The molecule has 0 aromatic rings. The molecule has 0 spiro atoms. The quantitative estimate of drug-likeness (QED) is 0.790. The van der Waals surface area contributed by atoms with E-state index in [1.807, 2.05) is 0 Å². The molecule has 0 aromatic carbocycles. The van der Waals surface area contributed by atoms with Gasteiger partial charge in [-0.3, -0.25) is 14.5 Å². The summed E-state index contributed by atoms with van der Waals surface area (Å²) < 4.78 is 0. The lowest BCUT2D eigenvalue weighted by molar-refractivity contribution is -0.129.